The third-order valence-electron chi connectivity index (χ3n) is 0.698. The van der Waals surface area contributed by atoms with Crippen molar-refractivity contribution in [1.29, 1.82) is 0 Å². The summed E-state index contributed by atoms with van der Waals surface area (Å²) in [4.78, 5) is 20.3. The summed E-state index contributed by atoms with van der Waals surface area (Å²) in [5.74, 6) is -1.79. The molecule has 12 heavy (non-hydrogen) atoms. The van der Waals surface area contributed by atoms with Crippen LogP contribution < -0.4 is 51.4 Å². The van der Waals surface area contributed by atoms with E-state index in [1.807, 2.05) is 0 Å². The van der Waals surface area contributed by atoms with Gasteiger partial charge in [0.15, 0.2) is 0 Å². The van der Waals surface area contributed by atoms with Crippen LogP contribution in [0.1, 0.15) is 1.43 Å². The van der Waals surface area contributed by atoms with Crippen LogP contribution in [0.15, 0.2) is 0 Å². The van der Waals surface area contributed by atoms with E-state index in [-0.39, 0.29) is 52.8 Å². The maximum absolute atomic E-state index is 10.2. The first-order valence-electron chi connectivity index (χ1n) is 2.73. The minimum Gasteiger partial charge on any atom is -1.00 e. The molecular weight excluding hydrogens is 195 g/mol. The van der Waals surface area contributed by atoms with E-state index in [1.165, 1.54) is 0 Å². The predicted molar refractivity (Wildman–Crippen MR) is 32.3 cm³/mol. The molecule has 0 atom stereocenters. The minimum atomic E-state index is -0.893. The minimum absolute atomic E-state index is 0. The molecule has 6 nitrogen and oxygen atoms in total. The van der Waals surface area contributed by atoms with Crippen LogP contribution in [0.4, 0.5) is 0 Å². The Morgan fingerprint density at radius 1 is 1.08 bits per heavy atom. The molecular formula is C5H9KO6. The molecule has 0 aromatic heterocycles. The number of aliphatic hydroxyl groups is 2. The molecule has 0 aromatic carbocycles. The molecule has 0 aliphatic carbocycles. The number of carbonyl (C=O) groups is 2. The molecule has 0 aliphatic rings. The fraction of sp³-hybridized carbons (Fsp3) is 0.600. The van der Waals surface area contributed by atoms with Gasteiger partial charge in [-0.05, 0) is 0 Å². The molecule has 66 valence electrons. The van der Waals surface area contributed by atoms with Gasteiger partial charge in [-0.15, -0.1) is 0 Å². The Labute approximate surface area is 113 Å². The summed E-state index contributed by atoms with van der Waals surface area (Å²) in [6, 6.07) is 0. The summed E-state index contributed by atoms with van der Waals surface area (Å²) in [5, 5.41) is 16.2. The van der Waals surface area contributed by atoms with E-state index < -0.39 is 31.9 Å². The van der Waals surface area contributed by atoms with Gasteiger partial charge in [0.05, 0.1) is 0 Å². The molecule has 2 N–H and O–H groups in total. The van der Waals surface area contributed by atoms with Crippen molar-refractivity contribution in [2.45, 2.75) is 0 Å². The molecule has 0 saturated carbocycles. The molecule has 0 aromatic rings. The van der Waals surface area contributed by atoms with Gasteiger partial charge < -0.3 is 21.1 Å². The number of carbonyl (C=O) groups excluding carboxylic acids is 2. The average molecular weight is 204 g/mol. The van der Waals surface area contributed by atoms with E-state index >= 15 is 0 Å². The monoisotopic (exact) mass is 204 g/mol. The zero-order valence-electron chi connectivity index (χ0n) is 7.65. The van der Waals surface area contributed by atoms with Gasteiger partial charge in [0.2, 0.25) is 6.79 Å². The molecule has 0 unspecified atom stereocenters. The standard InChI is InChI=1S/C5H8O6.K.H/c6-1-4(8)10-3-11-5(9)2-7;;/h6-7H,1-3H2;;/q;+1;-1. The Morgan fingerprint density at radius 2 is 1.42 bits per heavy atom. The van der Waals surface area contributed by atoms with Gasteiger partial charge in [-0.3, -0.25) is 0 Å². The summed E-state index contributed by atoms with van der Waals surface area (Å²) in [6.07, 6.45) is 0. The molecule has 0 aliphatic heterocycles. The second-order valence-electron chi connectivity index (χ2n) is 1.47. The van der Waals surface area contributed by atoms with E-state index in [4.69, 9.17) is 10.2 Å². The second-order valence-corrected chi connectivity index (χ2v) is 1.47. The van der Waals surface area contributed by atoms with Gasteiger partial charge in [0, 0.05) is 0 Å². The molecule has 0 radical (unpaired) electrons. The summed E-state index contributed by atoms with van der Waals surface area (Å²) in [7, 11) is 0. The summed E-state index contributed by atoms with van der Waals surface area (Å²) >= 11 is 0. The van der Waals surface area contributed by atoms with Crippen LogP contribution in [0.2, 0.25) is 0 Å². The van der Waals surface area contributed by atoms with Crippen molar-refractivity contribution in [2.24, 2.45) is 0 Å². The quantitative estimate of drug-likeness (QED) is 0.271. The molecule has 0 bridgehead atoms. The Kier molecular flexibility index (Phi) is 12.0. The zero-order chi connectivity index (χ0) is 8.69. The number of hydrogen-bond acceptors (Lipinski definition) is 6. The van der Waals surface area contributed by atoms with Crippen LogP contribution in [-0.2, 0) is 19.1 Å². The smallest absolute Gasteiger partial charge is 1.00 e. The topological polar surface area (TPSA) is 93.1 Å². The van der Waals surface area contributed by atoms with Gasteiger partial charge in [-0.2, -0.15) is 0 Å². The number of rotatable bonds is 4. The van der Waals surface area contributed by atoms with Gasteiger partial charge in [0.25, 0.3) is 0 Å². The van der Waals surface area contributed by atoms with Crippen LogP contribution in [0.5, 0.6) is 0 Å². The van der Waals surface area contributed by atoms with Gasteiger partial charge in [0.1, 0.15) is 13.2 Å². The molecule has 0 heterocycles. The van der Waals surface area contributed by atoms with Gasteiger partial charge in [-0.25, -0.2) is 9.59 Å². The van der Waals surface area contributed by atoms with Gasteiger partial charge >= 0.3 is 63.3 Å². The maximum Gasteiger partial charge on any atom is 1.00 e. The van der Waals surface area contributed by atoms with Crippen LogP contribution in [0, 0.1) is 0 Å². The van der Waals surface area contributed by atoms with Crippen LogP contribution in [0.25, 0.3) is 0 Å². The first-order valence-corrected chi connectivity index (χ1v) is 2.73. The predicted octanol–water partition coefficient (Wildman–Crippen LogP) is -4.87. The van der Waals surface area contributed by atoms with E-state index in [0.29, 0.717) is 0 Å². The van der Waals surface area contributed by atoms with Crippen molar-refractivity contribution < 1.29 is 82.1 Å². The first kappa shape index (κ1) is 15.0. The molecule has 0 amide bonds. The normalized spacial score (nSPS) is 8.17. The van der Waals surface area contributed by atoms with Crippen LogP contribution >= 0.6 is 0 Å². The number of hydrogen-bond donors (Lipinski definition) is 2. The van der Waals surface area contributed by atoms with E-state index in [1.54, 1.807) is 0 Å². The van der Waals surface area contributed by atoms with Crippen molar-refractivity contribution in [3.63, 3.8) is 0 Å². The van der Waals surface area contributed by atoms with Crippen molar-refractivity contribution in [3.8, 4) is 0 Å². The Hall–Kier alpha value is 0.496. The summed E-state index contributed by atoms with van der Waals surface area (Å²) < 4.78 is 8.24. The molecule has 0 fully saturated rings. The zero-order valence-corrected chi connectivity index (χ0v) is 9.77. The Bertz CT molecular complexity index is 136. The largest absolute Gasteiger partial charge is 1.00 e. The van der Waals surface area contributed by atoms with Crippen molar-refractivity contribution in [1.82, 2.24) is 0 Å². The summed E-state index contributed by atoms with van der Waals surface area (Å²) in [5.41, 5.74) is 0. The average Bonchev–Trinajstić information content (AvgIpc) is 2.04. The first-order chi connectivity index (χ1) is 5.20. The van der Waals surface area contributed by atoms with Crippen molar-refractivity contribution in [2.75, 3.05) is 20.0 Å². The fourth-order valence-corrected chi connectivity index (χ4v) is 0.252. The molecule has 0 rings (SSSR count). The Balaban J connectivity index is -0.000000500. The molecule has 7 heteroatoms. The van der Waals surface area contributed by atoms with Crippen molar-refractivity contribution >= 4 is 11.9 Å². The van der Waals surface area contributed by atoms with E-state index in [0.717, 1.165) is 0 Å². The van der Waals surface area contributed by atoms with E-state index in [9.17, 15) is 9.59 Å². The van der Waals surface area contributed by atoms with Crippen LogP contribution in [-0.4, -0.2) is 42.2 Å². The fourth-order valence-electron chi connectivity index (χ4n) is 0.252. The van der Waals surface area contributed by atoms with Gasteiger partial charge in [-0.1, -0.05) is 0 Å². The maximum atomic E-state index is 10.2. The summed E-state index contributed by atoms with van der Waals surface area (Å²) in [6.45, 7) is -2.12. The number of esters is 2. The van der Waals surface area contributed by atoms with Crippen LogP contribution in [0.3, 0.4) is 0 Å². The van der Waals surface area contributed by atoms with E-state index in [2.05, 4.69) is 9.47 Å². The Morgan fingerprint density at radius 3 is 1.67 bits per heavy atom. The SMILES string of the molecule is O=C(CO)OCOC(=O)CO.[H-].[K+]. The third-order valence-corrected chi connectivity index (χ3v) is 0.698. The number of aliphatic hydroxyl groups excluding tert-OH is 2. The molecule has 0 saturated heterocycles. The van der Waals surface area contributed by atoms with Crippen molar-refractivity contribution in [3.05, 3.63) is 0 Å². The number of ether oxygens (including phenoxy) is 2. The second kappa shape index (κ2) is 9.58. The third kappa shape index (κ3) is 8.59. The molecule has 0 spiro atoms.